The summed E-state index contributed by atoms with van der Waals surface area (Å²) < 4.78 is 1.67. The molecular formula is C11H18N4O3S. The molecule has 19 heavy (non-hydrogen) atoms. The zero-order chi connectivity index (χ0) is 14.3. The number of hydrogen-bond donors (Lipinski definition) is 1. The second-order valence-electron chi connectivity index (χ2n) is 3.96. The minimum Gasteiger partial charge on any atom is -0.336 e. The predicted octanol–water partition coefficient (Wildman–Crippen LogP) is 2.28. The van der Waals surface area contributed by atoms with Crippen molar-refractivity contribution < 1.29 is 9.72 Å². The molecule has 1 aromatic rings. The molecule has 106 valence electrons. The minimum atomic E-state index is -0.469. The maximum Gasteiger partial charge on any atom is 0.343 e. The largest absolute Gasteiger partial charge is 0.343 e. The van der Waals surface area contributed by atoms with Crippen molar-refractivity contribution in [2.45, 2.75) is 39.7 Å². The average Bonchev–Trinajstić information content (AvgIpc) is 2.73. The molecule has 0 fully saturated rings. The van der Waals surface area contributed by atoms with Crippen LogP contribution in [0.5, 0.6) is 0 Å². The molecule has 0 radical (unpaired) electrons. The maximum absolute atomic E-state index is 11.4. The number of nitro groups is 1. The Morgan fingerprint density at radius 2 is 2.26 bits per heavy atom. The van der Waals surface area contributed by atoms with Crippen LogP contribution < -0.4 is 10.1 Å². The van der Waals surface area contributed by atoms with E-state index in [2.05, 4.69) is 17.2 Å². The monoisotopic (exact) mass is 286 g/mol. The number of urea groups is 1. The number of carbonyl (C=O) groups is 1. The van der Waals surface area contributed by atoms with Crippen molar-refractivity contribution in [3.05, 3.63) is 21.1 Å². The summed E-state index contributed by atoms with van der Waals surface area (Å²) in [5, 5.41) is 13.3. The van der Waals surface area contributed by atoms with E-state index in [0.29, 0.717) is 17.9 Å². The van der Waals surface area contributed by atoms with Crippen molar-refractivity contribution in [2.75, 3.05) is 6.54 Å². The maximum atomic E-state index is 11.4. The normalized spacial score (nSPS) is 11.6. The highest BCUT2D eigenvalue weighted by Gasteiger charge is 2.12. The van der Waals surface area contributed by atoms with Gasteiger partial charge in [0.1, 0.15) is 0 Å². The molecule has 0 spiro atoms. The number of carbonyl (C=O) groups excluding carboxylic acids is 1. The van der Waals surface area contributed by atoms with E-state index in [9.17, 15) is 14.9 Å². The Morgan fingerprint density at radius 1 is 1.53 bits per heavy atom. The number of amides is 2. The van der Waals surface area contributed by atoms with Gasteiger partial charge in [-0.2, -0.15) is 4.99 Å². The second-order valence-corrected chi connectivity index (χ2v) is 4.94. The van der Waals surface area contributed by atoms with Gasteiger partial charge in [-0.3, -0.25) is 10.1 Å². The summed E-state index contributed by atoms with van der Waals surface area (Å²) in [5.41, 5.74) is 0. The molecular weight excluding hydrogens is 268 g/mol. The summed E-state index contributed by atoms with van der Waals surface area (Å²) in [7, 11) is 0. The highest BCUT2D eigenvalue weighted by Crippen LogP contribution is 2.14. The summed E-state index contributed by atoms with van der Waals surface area (Å²) in [6, 6.07) is -0.469. The first-order valence-electron chi connectivity index (χ1n) is 6.25. The molecule has 1 aromatic heterocycles. The topological polar surface area (TPSA) is 89.5 Å². The van der Waals surface area contributed by atoms with Crippen LogP contribution in [0.3, 0.4) is 0 Å². The van der Waals surface area contributed by atoms with Crippen molar-refractivity contribution in [1.29, 1.82) is 0 Å². The van der Waals surface area contributed by atoms with Gasteiger partial charge in [0.05, 0.1) is 11.1 Å². The zero-order valence-corrected chi connectivity index (χ0v) is 11.9. The number of unbranched alkanes of at least 4 members (excludes halogenated alkanes) is 2. The fourth-order valence-electron chi connectivity index (χ4n) is 1.51. The highest BCUT2D eigenvalue weighted by atomic mass is 32.1. The van der Waals surface area contributed by atoms with E-state index >= 15 is 0 Å². The zero-order valence-electron chi connectivity index (χ0n) is 11.1. The molecule has 0 aliphatic rings. The number of rotatable bonds is 6. The average molecular weight is 286 g/mol. The van der Waals surface area contributed by atoms with Crippen LogP contribution in [0.15, 0.2) is 11.2 Å². The summed E-state index contributed by atoms with van der Waals surface area (Å²) in [6.45, 7) is 4.99. The number of aromatic nitrogens is 1. The Morgan fingerprint density at radius 3 is 2.84 bits per heavy atom. The number of hydrogen-bond acceptors (Lipinski definition) is 4. The first kappa shape index (κ1) is 15.4. The number of nitrogens with zero attached hydrogens (tertiary/aromatic N) is 3. The van der Waals surface area contributed by atoms with Gasteiger partial charge in [-0.25, -0.2) is 4.79 Å². The quantitative estimate of drug-likeness (QED) is 0.494. The van der Waals surface area contributed by atoms with Crippen molar-refractivity contribution >= 4 is 22.4 Å². The van der Waals surface area contributed by atoms with Crippen LogP contribution >= 0.6 is 11.3 Å². The molecule has 0 aliphatic carbocycles. The Bertz CT molecular complexity index is 506. The fourth-order valence-corrected chi connectivity index (χ4v) is 2.34. The predicted molar refractivity (Wildman–Crippen MR) is 73.1 cm³/mol. The molecule has 0 saturated heterocycles. The second kappa shape index (κ2) is 7.67. The lowest BCUT2D eigenvalue weighted by Crippen LogP contribution is -2.24. The minimum absolute atomic E-state index is 0.000420. The first-order chi connectivity index (χ1) is 9.08. The standard InChI is InChI=1S/C11H18N4O3S/c1-3-5-6-7-14-8-9(15(17)18)19-11(14)13-10(16)12-4-2/h8H,3-7H2,1-2H3,(H,12,16)/b13-11+. The molecule has 1 rings (SSSR count). The molecule has 0 aliphatic heterocycles. The van der Waals surface area contributed by atoms with Crippen LogP contribution in [0.25, 0.3) is 0 Å². The first-order valence-corrected chi connectivity index (χ1v) is 7.07. The van der Waals surface area contributed by atoms with Crippen LogP contribution in [-0.2, 0) is 6.54 Å². The van der Waals surface area contributed by atoms with Crippen LogP contribution in [0.4, 0.5) is 9.80 Å². The van der Waals surface area contributed by atoms with E-state index in [0.717, 1.165) is 30.6 Å². The van der Waals surface area contributed by atoms with Crippen LogP contribution in [0.2, 0.25) is 0 Å². The molecule has 0 bridgehead atoms. The van der Waals surface area contributed by atoms with Gasteiger partial charge in [-0.1, -0.05) is 19.8 Å². The summed E-state index contributed by atoms with van der Waals surface area (Å²) >= 11 is 0.916. The van der Waals surface area contributed by atoms with Gasteiger partial charge in [-0.15, -0.1) is 0 Å². The number of aryl methyl sites for hydroxylation is 1. The van der Waals surface area contributed by atoms with Crippen LogP contribution in [0.1, 0.15) is 33.1 Å². The SMILES string of the molecule is CCCCCn1cc([N+](=O)[O-])s/c1=N/C(=O)NCC. The molecule has 0 saturated carbocycles. The molecule has 0 unspecified atom stereocenters. The van der Waals surface area contributed by atoms with E-state index in [1.807, 2.05) is 0 Å². The van der Waals surface area contributed by atoms with E-state index in [1.165, 1.54) is 6.20 Å². The van der Waals surface area contributed by atoms with Crippen molar-refractivity contribution in [2.24, 2.45) is 4.99 Å². The van der Waals surface area contributed by atoms with Gasteiger partial charge in [0.2, 0.25) is 4.80 Å². The molecule has 1 N–H and O–H groups in total. The number of thiazole rings is 1. The van der Waals surface area contributed by atoms with Gasteiger partial charge in [0.15, 0.2) is 0 Å². The van der Waals surface area contributed by atoms with Crippen molar-refractivity contribution in [3.63, 3.8) is 0 Å². The summed E-state index contributed by atoms with van der Waals surface area (Å²) in [5.74, 6) is 0. The summed E-state index contributed by atoms with van der Waals surface area (Å²) in [4.78, 5) is 26.0. The Balaban J connectivity index is 2.98. The molecule has 0 atom stereocenters. The van der Waals surface area contributed by atoms with E-state index in [-0.39, 0.29) is 5.00 Å². The summed E-state index contributed by atoms with van der Waals surface area (Å²) in [6.07, 6.45) is 4.46. The fraction of sp³-hybridized carbons (Fsp3) is 0.636. The van der Waals surface area contributed by atoms with Gasteiger partial charge >= 0.3 is 11.0 Å². The molecule has 2 amide bonds. The van der Waals surface area contributed by atoms with Crippen molar-refractivity contribution in [1.82, 2.24) is 9.88 Å². The lowest BCUT2D eigenvalue weighted by molar-refractivity contribution is -0.380. The third-order valence-electron chi connectivity index (χ3n) is 2.42. The Kier molecular flexibility index (Phi) is 6.20. The Labute approximate surface area is 115 Å². The smallest absolute Gasteiger partial charge is 0.336 e. The van der Waals surface area contributed by atoms with Crippen molar-refractivity contribution in [3.8, 4) is 0 Å². The highest BCUT2D eigenvalue weighted by molar-refractivity contribution is 7.12. The third-order valence-corrected chi connectivity index (χ3v) is 3.39. The third kappa shape index (κ3) is 4.82. The van der Waals surface area contributed by atoms with Gasteiger partial charge in [0.25, 0.3) is 0 Å². The van der Waals surface area contributed by atoms with Crippen LogP contribution in [-0.4, -0.2) is 22.1 Å². The van der Waals surface area contributed by atoms with E-state index < -0.39 is 11.0 Å². The number of nitrogens with one attached hydrogen (secondary N) is 1. The molecule has 0 aromatic carbocycles. The molecule has 7 nitrogen and oxygen atoms in total. The van der Waals surface area contributed by atoms with Gasteiger partial charge in [0, 0.05) is 13.1 Å². The Hall–Kier alpha value is -1.70. The van der Waals surface area contributed by atoms with E-state index in [4.69, 9.17) is 0 Å². The van der Waals surface area contributed by atoms with Gasteiger partial charge in [-0.05, 0) is 24.7 Å². The van der Waals surface area contributed by atoms with Crippen LogP contribution in [0, 0.1) is 10.1 Å². The molecule has 8 heteroatoms. The lowest BCUT2D eigenvalue weighted by atomic mass is 10.2. The lowest BCUT2D eigenvalue weighted by Gasteiger charge is -2.00. The van der Waals surface area contributed by atoms with Gasteiger partial charge < -0.3 is 9.88 Å². The van der Waals surface area contributed by atoms with E-state index in [1.54, 1.807) is 11.5 Å². The molecule has 1 heterocycles.